The van der Waals surface area contributed by atoms with E-state index in [-0.39, 0.29) is 5.41 Å². The maximum atomic E-state index is 13.3. The molecule has 0 radical (unpaired) electrons. The third kappa shape index (κ3) is 2.58. The Morgan fingerprint density at radius 1 is 1.24 bits per heavy atom. The number of benzene rings is 1. The van der Waals surface area contributed by atoms with E-state index < -0.39 is 0 Å². The van der Waals surface area contributed by atoms with E-state index in [4.69, 9.17) is 0 Å². The Labute approximate surface area is 125 Å². The van der Waals surface area contributed by atoms with Crippen LogP contribution in [0.1, 0.15) is 43.0 Å². The molecule has 110 valence electrons. The number of Topliss-reactive ketones (excluding diaryl/α,β-unsaturated/α-hetero) is 1. The molecule has 0 amide bonds. The van der Waals surface area contributed by atoms with Crippen molar-refractivity contribution in [2.75, 3.05) is 13.1 Å². The monoisotopic (exact) mass is 282 g/mol. The van der Waals surface area contributed by atoms with E-state index in [0.717, 1.165) is 55.2 Å². The number of carbonyl (C=O) groups is 1. The number of carbonyl (C=O) groups excluding carboxylic acids is 1. The molecule has 1 saturated heterocycles. The number of ketones is 1. The fourth-order valence-electron chi connectivity index (χ4n) is 3.56. The predicted molar refractivity (Wildman–Crippen MR) is 85.5 cm³/mol. The van der Waals surface area contributed by atoms with Crippen molar-refractivity contribution in [3.8, 4) is 0 Å². The third-order valence-electron chi connectivity index (χ3n) is 4.66. The zero-order valence-electron chi connectivity index (χ0n) is 12.6. The van der Waals surface area contributed by atoms with Gasteiger partial charge in [-0.05, 0) is 44.5 Å². The quantitative estimate of drug-likeness (QED) is 0.871. The van der Waals surface area contributed by atoms with Crippen molar-refractivity contribution in [2.24, 2.45) is 5.41 Å². The summed E-state index contributed by atoms with van der Waals surface area (Å²) in [7, 11) is 0. The first-order chi connectivity index (χ1) is 10.3. The summed E-state index contributed by atoms with van der Waals surface area (Å²) >= 11 is 0. The van der Waals surface area contributed by atoms with Crippen LogP contribution < -0.4 is 5.32 Å². The van der Waals surface area contributed by atoms with Gasteiger partial charge in [-0.3, -0.25) is 9.78 Å². The summed E-state index contributed by atoms with van der Waals surface area (Å²) in [5.41, 5.74) is 1.56. The Morgan fingerprint density at radius 2 is 2.05 bits per heavy atom. The minimum absolute atomic E-state index is 0.190. The van der Waals surface area contributed by atoms with Crippen molar-refractivity contribution in [3.05, 3.63) is 42.1 Å². The van der Waals surface area contributed by atoms with Crippen LogP contribution in [0.3, 0.4) is 0 Å². The molecule has 0 aliphatic carbocycles. The highest BCUT2D eigenvalue weighted by molar-refractivity contribution is 6.10. The lowest BCUT2D eigenvalue weighted by molar-refractivity contribution is 0.0706. The minimum Gasteiger partial charge on any atom is -0.317 e. The number of hydrogen-bond donors (Lipinski definition) is 1. The average Bonchev–Trinajstić information content (AvgIpc) is 2.55. The summed E-state index contributed by atoms with van der Waals surface area (Å²) < 4.78 is 0. The molecular weight excluding hydrogens is 260 g/mol. The Balaban J connectivity index is 2.06. The van der Waals surface area contributed by atoms with Crippen LogP contribution in [-0.2, 0) is 0 Å². The van der Waals surface area contributed by atoms with Crippen LogP contribution in [0.25, 0.3) is 10.9 Å². The van der Waals surface area contributed by atoms with Crippen LogP contribution in [0, 0.1) is 5.41 Å². The van der Waals surface area contributed by atoms with Crippen molar-refractivity contribution in [3.63, 3.8) is 0 Å². The molecule has 0 saturated carbocycles. The number of pyridine rings is 1. The highest BCUT2D eigenvalue weighted by Gasteiger charge is 2.39. The highest BCUT2D eigenvalue weighted by Crippen LogP contribution is 2.38. The molecular formula is C18H22N2O. The third-order valence-corrected chi connectivity index (χ3v) is 4.66. The molecule has 1 fully saturated rings. The summed E-state index contributed by atoms with van der Waals surface area (Å²) in [6, 6.07) is 9.81. The molecule has 1 aliphatic heterocycles. The second-order valence-electron chi connectivity index (χ2n) is 5.99. The largest absolute Gasteiger partial charge is 0.317 e. The molecule has 2 heterocycles. The Hall–Kier alpha value is -1.74. The maximum Gasteiger partial charge on any atom is 0.169 e. The van der Waals surface area contributed by atoms with Crippen LogP contribution in [-0.4, -0.2) is 23.9 Å². The lowest BCUT2D eigenvalue weighted by Gasteiger charge is -2.36. The van der Waals surface area contributed by atoms with Gasteiger partial charge in [-0.25, -0.2) is 0 Å². The minimum atomic E-state index is -0.190. The van der Waals surface area contributed by atoms with Crippen molar-refractivity contribution < 1.29 is 4.79 Å². The molecule has 3 heteroatoms. The standard InChI is InChI=1S/C18H22N2O/c1-2-8-18(9-12-19-13-10-18)17(21)15-5-3-7-16-14(15)6-4-11-20-16/h3-7,11,19H,2,8-10,12-13H2,1H3. The maximum absolute atomic E-state index is 13.3. The second-order valence-corrected chi connectivity index (χ2v) is 5.99. The van der Waals surface area contributed by atoms with Gasteiger partial charge in [0.15, 0.2) is 5.78 Å². The van der Waals surface area contributed by atoms with Crippen molar-refractivity contribution in [1.82, 2.24) is 10.3 Å². The first-order valence-electron chi connectivity index (χ1n) is 7.86. The number of piperidine rings is 1. The Bertz CT molecular complexity index is 634. The van der Waals surface area contributed by atoms with Gasteiger partial charge in [-0.1, -0.05) is 31.5 Å². The van der Waals surface area contributed by atoms with Crippen molar-refractivity contribution in [2.45, 2.75) is 32.6 Å². The van der Waals surface area contributed by atoms with Crippen LogP contribution >= 0.6 is 0 Å². The van der Waals surface area contributed by atoms with Gasteiger partial charge in [0.05, 0.1) is 5.52 Å². The summed E-state index contributed by atoms with van der Waals surface area (Å²) in [4.78, 5) is 17.6. The van der Waals surface area contributed by atoms with Gasteiger partial charge in [0.1, 0.15) is 0 Å². The molecule has 0 bridgehead atoms. The SMILES string of the molecule is CCCC1(C(=O)c2cccc3ncccc23)CCNCC1. The fourth-order valence-corrected chi connectivity index (χ4v) is 3.56. The van der Waals surface area contributed by atoms with Crippen LogP contribution in [0.5, 0.6) is 0 Å². The summed E-state index contributed by atoms with van der Waals surface area (Å²) in [5.74, 6) is 0.310. The van der Waals surface area contributed by atoms with E-state index in [1.807, 2.05) is 30.3 Å². The molecule has 1 aromatic heterocycles. The molecule has 3 rings (SSSR count). The van der Waals surface area contributed by atoms with Gasteiger partial charge in [-0.2, -0.15) is 0 Å². The van der Waals surface area contributed by atoms with E-state index in [9.17, 15) is 4.79 Å². The van der Waals surface area contributed by atoms with Crippen LogP contribution in [0.4, 0.5) is 0 Å². The Kier molecular flexibility index (Phi) is 4.02. The number of nitrogens with one attached hydrogen (secondary N) is 1. The summed E-state index contributed by atoms with van der Waals surface area (Å²) in [6.07, 6.45) is 5.69. The zero-order valence-corrected chi connectivity index (χ0v) is 12.6. The molecule has 21 heavy (non-hydrogen) atoms. The van der Waals surface area contributed by atoms with Gasteiger partial charge in [0.2, 0.25) is 0 Å². The number of aromatic nitrogens is 1. The van der Waals surface area contributed by atoms with E-state index in [2.05, 4.69) is 17.2 Å². The van der Waals surface area contributed by atoms with Gasteiger partial charge in [0, 0.05) is 22.6 Å². The molecule has 0 atom stereocenters. The van der Waals surface area contributed by atoms with E-state index in [1.165, 1.54) is 0 Å². The van der Waals surface area contributed by atoms with E-state index in [0.29, 0.717) is 5.78 Å². The topological polar surface area (TPSA) is 42.0 Å². The van der Waals surface area contributed by atoms with Gasteiger partial charge < -0.3 is 5.32 Å². The van der Waals surface area contributed by atoms with Gasteiger partial charge >= 0.3 is 0 Å². The number of nitrogens with zero attached hydrogens (tertiary/aromatic N) is 1. The molecule has 0 unspecified atom stereocenters. The summed E-state index contributed by atoms with van der Waals surface area (Å²) in [6.45, 7) is 4.05. The molecule has 0 spiro atoms. The molecule has 2 aromatic rings. The van der Waals surface area contributed by atoms with Crippen molar-refractivity contribution in [1.29, 1.82) is 0 Å². The van der Waals surface area contributed by atoms with E-state index in [1.54, 1.807) is 6.20 Å². The lowest BCUT2D eigenvalue weighted by atomic mass is 9.70. The van der Waals surface area contributed by atoms with Gasteiger partial charge in [-0.15, -0.1) is 0 Å². The van der Waals surface area contributed by atoms with Gasteiger partial charge in [0.25, 0.3) is 0 Å². The highest BCUT2D eigenvalue weighted by atomic mass is 16.1. The number of fused-ring (bicyclic) bond motifs is 1. The Morgan fingerprint density at radius 3 is 2.81 bits per heavy atom. The second kappa shape index (κ2) is 5.94. The van der Waals surface area contributed by atoms with Crippen LogP contribution in [0.2, 0.25) is 0 Å². The van der Waals surface area contributed by atoms with Crippen molar-refractivity contribution >= 4 is 16.7 Å². The molecule has 1 aliphatic rings. The first kappa shape index (κ1) is 14.2. The molecule has 1 aromatic carbocycles. The average molecular weight is 282 g/mol. The summed E-state index contributed by atoms with van der Waals surface area (Å²) in [5, 5.41) is 4.36. The normalized spacial score (nSPS) is 17.8. The number of hydrogen-bond acceptors (Lipinski definition) is 3. The number of rotatable bonds is 4. The predicted octanol–water partition coefficient (Wildman–Crippen LogP) is 3.59. The zero-order chi connectivity index (χ0) is 14.7. The molecule has 1 N–H and O–H groups in total. The molecule has 3 nitrogen and oxygen atoms in total. The lowest BCUT2D eigenvalue weighted by Crippen LogP contribution is -2.42. The smallest absolute Gasteiger partial charge is 0.169 e. The van der Waals surface area contributed by atoms with E-state index >= 15 is 0 Å². The first-order valence-corrected chi connectivity index (χ1v) is 7.86. The van der Waals surface area contributed by atoms with Crippen LogP contribution in [0.15, 0.2) is 36.5 Å². The fraction of sp³-hybridized carbons (Fsp3) is 0.444.